The van der Waals surface area contributed by atoms with Gasteiger partial charge in [0.15, 0.2) is 0 Å². The summed E-state index contributed by atoms with van der Waals surface area (Å²) in [6.45, 7) is 2.17. The van der Waals surface area contributed by atoms with Gasteiger partial charge in [-0.3, -0.25) is 33.6 Å². The summed E-state index contributed by atoms with van der Waals surface area (Å²) in [5.74, 6) is -7.69. The maximum atomic E-state index is 13.1. The summed E-state index contributed by atoms with van der Waals surface area (Å²) in [7, 11) is 0. The molecule has 0 aliphatic heterocycles. The first kappa shape index (κ1) is 39.9. The Bertz CT molecular complexity index is 1280. The summed E-state index contributed by atoms with van der Waals surface area (Å²) in [5, 5.41) is 39.2. The zero-order valence-corrected chi connectivity index (χ0v) is 26.1. The zero-order valence-electron chi connectivity index (χ0n) is 26.1. The Morgan fingerprint density at radius 1 is 0.660 bits per heavy atom. The van der Waals surface area contributed by atoms with E-state index >= 15 is 0 Å². The van der Waals surface area contributed by atoms with Crippen molar-refractivity contribution in [3.8, 4) is 0 Å². The van der Waals surface area contributed by atoms with Crippen LogP contribution in [0.3, 0.4) is 0 Å². The summed E-state index contributed by atoms with van der Waals surface area (Å²) >= 11 is 0. The van der Waals surface area contributed by atoms with Crippen LogP contribution in [0.25, 0.3) is 0 Å². The lowest BCUT2D eigenvalue weighted by Crippen LogP contribution is -2.58. The van der Waals surface area contributed by atoms with Crippen molar-refractivity contribution in [2.24, 2.45) is 11.5 Å². The van der Waals surface area contributed by atoms with E-state index in [9.17, 15) is 43.5 Å². The van der Waals surface area contributed by atoms with Crippen LogP contribution in [0, 0.1) is 0 Å². The van der Waals surface area contributed by atoms with Crippen molar-refractivity contribution < 1.29 is 53.7 Å². The Kier molecular flexibility index (Phi) is 17.1. The third-order valence-corrected chi connectivity index (χ3v) is 6.77. The van der Waals surface area contributed by atoms with Crippen LogP contribution in [-0.4, -0.2) is 106 Å². The van der Waals surface area contributed by atoms with Crippen LogP contribution in [0.5, 0.6) is 0 Å². The van der Waals surface area contributed by atoms with Gasteiger partial charge in [0, 0.05) is 25.9 Å². The molecule has 0 aromatic heterocycles. The van der Waals surface area contributed by atoms with E-state index in [1.807, 2.05) is 0 Å². The maximum absolute atomic E-state index is 13.1. The second kappa shape index (κ2) is 20.1. The molecule has 0 saturated carbocycles. The van der Waals surface area contributed by atoms with Gasteiger partial charge in [0.25, 0.3) is 0 Å². The standard InChI is InChI=1S/C29H43N7O11/c1-15(33-27(44)19(9-11-23(39)40)34-26(43)18(30)12-13-37)24(41)32-16(2)25(42)36-21(14-17-6-4-3-5-7-17)28(45)35-20(29(46)47)8-10-22(31)38/h3-7,15-16,18-21,37H,8-14,30H2,1-2H3,(H2,31,38)(H,32,41)(H,33,44)(H,34,43)(H,35,45)(H,36,42)(H,39,40)(H,46,47)/t15-,16-,18-,19-,20-,21-/m0/s1. The van der Waals surface area contributed by atoms with Crippen LogP contribution in [-0.2, 0) is 44.8 Å². The van der Waals surface area contributed by atoms with Crippen molar-refractivity contribution in [1.82, 2.24) is 26.6 Å². The number of carbonyl (C=O) groups excluding carboxylic acids is 6. The van der Waals surface area contributed by atoms with Crippen LogP contribution >= 0.6 is 0 Å². The third-order valence-electron chi connectivity index (χ3n) is 6.77. The summed E-state index contributed by atoms with van der Waals surface area (Å²) in [6.07, 6.45) is -1.59. The molecule has 12 N–H and O–H groups in total. The van der Waals surface area contributed by atoms with E-state index in [-0.39, 0.29) is 32.1 Å². The molecule has 6 atom stereocenters. The van der Waals surface area contributed by atoms with Gasteiger partial charge in [-0.05, 0) is 38.7 Å². The molecule has 1 aromatic rings. The zero-order chi connectivity index (χ0) is 35.7. The number of benzene rings is 1. The van der Waals surface area contributed by atoms with Crippen molar-refractivity contribution in [2.45, 2.75) is 88.6 Å². The predicted molar refractivity (Wildman–Crippen MR) is 164 cm³/mol. The van der Waals surface area contributed by atoms with E-state index in [0.29, 0.717) is 5.56 Å². The highest BCUT2D eigenvalue weighted by atomic mass is 16.4. The minimum absolute atomic E-state index is 0.0564. The second-order valence-corrected chi connectivity index (χ2v) is 10.7. The number of amides is 6. The molecule has 0 fully saturated rings. The quantitative estimate of drug-likeness (QED) is 0.0615. The maximum Gasteiger partial charge on any atom is 0.326 e. The van der Waals surface area contributed by atoms with Gasteiger partial charge in [0.1, 0.15) is 30.2 Å². The predicted octanol–water partition coefficient (Wildman–Crippen LogP) is -3.38. The monoisotopic (exact) mass is 665 g/mol. The number of aliphatic hydroxyl groups is 1. The van der Waals surface area contributed by atoms with Crippen LogP contribution in [0.2, 0.25) is 0 Å². The van der Waals surface area contributed by atoms with Crippen LogP contribution < -0.4 is 38.1 Å². The molecule has 1 rings (SSSR count). The summed E-state index contributed by atoms with van der Waals surface area (Å²) < 4.78 is 0. The first-order chi connectivity index (χ1) is 22.0. The fourth-order valence-corrected chi connectivity index (χ4v) is 4.04. The van der Waals surface area contributed by atoms with Crippen molar-refractivity contribution in [3.63, 3.8) is 0 Å². The fourth-order valence-electron chi connectivity index (χ4n) is 4.04. The largest absolute Gasteiger partial charge is 0.481 e. The topological polar surface area (TPSA) is 309 Å². The number of carboxylic acid groups (broad SMARTS) is 2. The molecule has 0 saturated heterocycles. The number of primary amides is 1. The van der Waals surface area contributed by atoms with Crippen molar-refractivity contribution in [1.29, 1.82) is 0 Å². The van der Waals surface area contributed by atoms with E-state index in [0.717, 1.165) is 0 Å². The van der Waals surface area contributed by atoms with Gasteiger partial charge in [0.05, 0.1) is 6.04 Å². The van der Waals surface area contributed by atoms with Crippen LogP contribution in [0.1, 0.15) is 51.5 Å². The van der Waals surface area contributed by atoms with Crippen LogP contribution in [0.4, 0.5) is 0 Å². The Morgan fingerprint density at radius 2 is 1.15 bits per heavy atom. The summed E-state index contributed by atoms with van der Waals surface area (Å²) in [4.78, 5) is 97.9. The molecule has 0 radical (unpaired) electrons. The minimum Gasteiger partial charge on any atom is -0.481 e. The number of aliphatic hydroxyl groups excluding tert-OH is 1. The number of nitrogens with two attached hydrogens (primary N) is 2. The average Bonchev–Trinajstić information content (AvgIpc) is 3.00. The molecule has 0 aliphatic rings. The SMILES string of the molecule is C[C@H](NC(=O)[C@H](C)NC(=O)[C@H](CCC(=O)O)NC(=O)[C@@H](N)CCO)C(=O)N[C@@H](Cc1ccccc1)C(=O)N[C@@H](CCC(N)=O)C(=O)O. The first-order valence-corrected chi connectivity index (χ1v) is 14.7. The van der Waals surface area contributed by atoms with E-state index in [4.69, 9.17) is 21.7 Å². The molecule has 260 valence electrons. The van der Waals surface area contributed by atoms with Crippen molar-refractivity contribution in [2.75, 3.05) is 6.61 Å². The molecule has 47 heavy (non-hydrogen) atoms. The number of aliphatic carboxylic acids is 2. The molecule has 0 aliphatic carbocycles. The Labute approximate surface area is 270 Å². The number of carbonyl (C=O) groups is 8. The fraction of sp³-hybridized carbons (Fsp3) is 0.517. The highest BCUT2D eigenvalue weighted by molar-refractivity contribution is 5.96. The Hall–Kier alpha value is -5.10. The second-order valence-electron chi connectivity index (χ2n) is 10.7. The van der Waals surface area contributed by atoms with Gasteiger partial charge in [-0.2, -0.15) is 0 Å². The summed E-state index contributed by atoms with van der Waals surface area (Å²) in [5.41, 5.74) is 11.3. The number of rotatable bonds is 21. The minimum atomic E-state index is -1.47. The van der Waals surface area contributed by atoms with Gasteiger partial charge >= 0.3 is 11.9 Å². The normalized spacial score (nSPS) is 14.6. The lowest BCUT2D eigenvalue weighted by molar-refractivity contribution is -0.142. The number of hydrogen-bond donors (Lipinski definition) is 10. The summed E-state index contributed by atoms with van der Waals surface area (Å²) in [6, 6.07) is 0.605. The molecule has 0 heterocycles. The number of nitrogens with one attached hydrogen (secondary N) is 5. The molecule has 1 aromatic carbocycles. The number of carboxylic acids is 2. The molecule has 18 nitrogen and oxygen atoms in total. The molecule has 18 heteroatoms. The Morgan fingerprint density at radius 3 is 1.68 bits per heavy atom. The van der Waals surface area contributed by atoms with Gasteiger partial charge in [-0.15, -0.1) is 0 Å². The highest BCUT2D eigenvalue weighted by Crippen LogP contribution is 2.07. The van der Waals surface area contributed by atoms with Gasteiger partial charge < -0.3 is 53.4 Å². The smallest absolute Gasteiger partial charge is 0.326 e. The first-order valence-electron chi connectivity index (χ1n) is 14.7. The molecule has 0 spiro atoms. The Balaban J connectivity index is 2.96. The number of hydrogen-bond acceptors (Lipinski definition) is 10. The van der Waals surface area contributed by atoms with Gasteiger partial charge in [-0.1, -0.05) is 30.3 Å². The molecule has 0 bridgehead atoms. The molecule has 0 unspecified atom stereocenters. The lowest BCUT2D eigenvalue weighted by atomic mass is 10.0. The van der Waals surface area contributed by atoms with Gasteiger partial charge in [-0.25, -0.2) is 4.79 Å². The van der Waals surface area contributed by atoms with Crippen LogP contribution in [0.15, 0.2) is 30.3 Å². The van der Waals surface area contributed by atoms with Crippen molar-refractivity contribution >= 4 is 47.4 Å². The van der Waals surface area contributed by atoms with Crippen molar-refractivity contribution in [3.05, 3.63) is 35.9 Å². The molecular formula is C29H43N7O11. The lowest BCUT2D eigenvalue weighted by Gasteiger charge is -2.25. The van der Waals surface area contributed by atoms with E-state index in [2.05, 4.69) is 26.6 Å². The van der Waals surface area contributed by atoms with E-state index < -0.39 is 96.7 Å². The molecule has 6 amide bonds. The van der Waals surface area contributed by atoms with Gasteiger partial charge in [0.2, 0.25) is 35.4 Å². The van der Waals surface area contributed by atoms with E-state index in [1.54, 1.807) is 30.3 Å². The van der Waals surface area contributed by atoms with E-state index in [1.165, 1.54) is 13.8 Å². The highest BCUT2D eigenvalue weighted by Gasteiger charge is 2.31. The molecular weight excluding hydrogens is 622 g/mol. The average molecular weight is 666 g/mol. The third kappa shape index (κ3) is 15.2.